The fourth-order valence-corrected chi connectivity index (χ4v) is 0.874. The van der Waals surface area contributed by atoms with E-state index in [4.69, 9.17) is 9.63 Å². The number of aryl methyl sites for hydroxylation is 1. The predicted molar refractivity (Wildman–Crippen MR) is 43.4 cm³/mol. The molecule has 0 saturated heterocycles. The molecule has 0 amide bonds. The van der Waals surface area contributed by atoms with Crippen LogP contribution in [0.15, 0.2) is 4.52 Å². The zero-order valence-electron chi connectivity index (χ0n) is 7.45. The van der Waals surface area contributed by atoms with Gasteiger partial charge in [-0.1, -0.05) is 19.0 Å². The van der Waals surface area contributed by atoms with E-state index in [2.05, 4.69) is 24.0 Å². The fourth-order valence-electron chi connectivity index (χ4n) is 0.874. The maximum Gasteiger partial charge on any atom is 0.252 e. The van der Waals surface area contributed by atoms with Gasteiger partial charge in [0, 0.05) is 6.42 Å². The maximum absolute atomic E-state index is 8.63. The molecule has 1 aromatic rings. The Hall–Kier alpha value is -0.900. The fraction of sp³-hybridized carbons (Fsp3) is 0.750. The van der Waals surface area contributed by atoms with E-state index in [1.165, 1.54) is 0 Å². The topological polar surface area (TPSA) is 59.2 Å². The minimum atomic E-state index is -0.172. The molecule has 0 saturated carbocycles. The third kappa shape index (κ3) is 2.62. The van der Waals surface area contributed by atoms with Crippen LogP contribution in [0, 0.1) is 5.92 Å². The average molecular weight is 170 g/mol. The van der Waals surface area contributed by atoms with Crippen molar-refractivity contribution >= 4 is 0 Å². The summed E-state index contributed by atoms with van der Waals surface area (Å²) in [6, 6.07) is 0. The van der Waals surface area contributed by atoms with Gasteiger partial charge in [0.1, 0.15) is 6.61 Å². The number of nitrogens with zero attached hydrogens (tertiary/aromatic N) is 2. The molecule has 0 spiro atoms. The average Bonchev–Trinajstić information content (AvgIpc) is 2.48. The van der Waals surface area contributed by atoms with Crippen molar-refractivity contribution in [1.82, 2.24) is 10.1 Å². The Balaban J connectivity index is 2.41. The zero-order chi connectivity index (χ0) is 8.97. The first kappa shape index (κ1) is 9.19. The van der Waals surface area contributed by atoms with E-state index in [-0.39, 0.29) is 6.61 Å². The van der Waals surface area contributed by atoms with Gasteiger partial charge in [0.2, 0.25) is 0 Å². The minimum Gasteiger partial charge on any atom is -0.387 e. The van der Waals surface area contributed by atoms with Gasteiger partial charge in [-0.25, -0.2) is 0 Å². The Bertz CT molecular complexity index is 233. The SMILES string of the molecule is CC(C)CCc1noc(CO)n1. The van der Waals surface area contributed by atoms with Gasteiger partial charge < -0.3 is 9.63 Å². The molecule has 0 radical (unpaired) electrons. The molecule has 1 rings (SSSR count). The van der Waals surface area contributed by atoms with E-state index in [0.29, 0.717) is 17.6 Å². The number of aliphatic hydroxyl groups is 1. The molecule has 0 atom stereocenters. The van der Waals surface area contributed by atoms with E-state index in [1.807, 2.05) is 0 Å². The van der Waals surface area contributed by atoms with E-state index in [9.17, 15) is 0 Å². The van der Waals surface area contributed by atoms with Crippen molar-refractivity contribution in [3.05, 3.63) is 11.7 Å². The van der Waals surface area contributed by atoms with E-state index in [1.54, 1.807) is 0 Å². The highest BCUT2D eigenvalue weighted by Gasteiger charge is 2.05. The second-order valence-electron chi connectivity index (χ2n) is 3.19. The highest BCUT2D eigenvalue weighted by Crippen LogP contribution is 2.05. The number of hydrogen-bond acceptors (Lipinski definition) is 4. The normalized spacial score (nSPS) is 11.0. The van der Waals surface area contributed by atoms with Gasteiger partial charge in [0.25, 0.3) is 5.89 Å². The first-order valence-electron chi connectivity index (χ1n) is 4.14. The van der Waals surface area contributed by atoms with Crippen LogP contribution in [0.4, 0.5) is 0 Å². The molecule has 0 bridgehead atoms. The lowest BCUT2D eigenvalue weighted by Gasteiger charge is -1.98. The summed E-state index contributed by atoms with van der Waals surface area (Å²) >= 11 is 0. The molecule has 0 unspecified atom stereocenters. The summed E-state index contributed by atoms with van der Waals surface area (Å²) in [5.41, 5.74) is 0. The first-order chi connectivity index (χ1) is 5.72. The Kier molecular flexibility index (Phi) is 3.22. The smallest absolute Gasteiger partial charge is 0.252 e. The second kappa shape index (κ2) is 4.21. The Morgan fingerprint density at radius 1 is 1.50 bits per heavy atom. The molecule has 4 nitrogen and oxygen atoms in total. The van der Waals surface area contributed by atoms with Gasteiger partial charge in [0.15, 0.2) is 5.82 Å². The van der Waals surface area contributed by atoms with Crippen molar-refractivity contribution in [2.45, 2.75) is 33.3 Å². The molecule has 0 aliphatic rings. The lowest BCUT2D eigenvalue weighted by atomic mass is 10.1. The predicted octanol–water partition coefficient (Wildman–Crippen LogP) is 1.15. The monoisotopic (exact) mass is 170 g/mol. The van der Waals surface area contributed by atoms with Crippen LogP contribution in [0.5, 0.6) is 0 Å². The number of aromatic nitrogens is 2. The van der Waals surface area contributed by atoms with Crippen LogP contribution >= 0.6 is 0 Å². The molecular weight excluding hydrogens is 156 g/mol. The minimum absolute atomic E-state index is 0.172. The van der Waals surface area contributed by atoms with Crippen molar-refractivity contribution in [2.24, 2.45) is 5.92 Å². The molecule has 12 heavy (non-hydrogen) atoms. The molecular formula is C8H14N2O2. The van der Waals surface area contributed by atoms with E-state index >= 15 is 0 Å². The van der Waals surface area contributed by atoms with E-state index < -0.39 is 0 Å². The zero-order valence-corrected chi connectivity index (χ0v) is 7.45. The standard InChI is InChI=1S/C8H14N2O2/c1-6(2)3-4-7-9-8(5-11)12-10-7/h6,11H,3-5H2,1-2H3. The summed E-state index contributed by atoms with van der Waals surface area (Å²) in [5, 5.41) is 12.3. The van der Waals surface area contributed by atoms with Crippen LogP contribution < -0.4 is 0 Å². The first-order valence-corrected chi connectivity index (χ1v) is 4.14. The van der Waals surface area contributed by atoms with Gasteiger partial charge in [-0.3, -0.25) is 0 Å². The number of rotatable bonds is 4. The van der Waals surface area contributed by atoms with Gasteiger partial charge in [-0.05, 0) is 12.3 Å². The largest absolute Gasteiger partial charge is 0.387 e. The molecule has 0 aliphatic carbocycles. The lowest BCUT2D eigenvalue weighted by Crippen LogP contribution is -1.94. The van der Waals surface area contributed by atoms with Crippen LogP contribution in [-0.4, -0.2) is 15.2 Å². The maximum atomic E-state index is 8.63. The van der Waals surface area contributed by atoms with Crippen LogP contribution in [0.3, 0.4) is 0 Å². The van der Waals surface area contributed by atoms with Crippen molar-refractivity contribution in [2.75, 3.05) is 0 Å². The summed E-state index contributed by atoms with van der Waals surface area (Å²) in [6.07, 6.45) is 1.87. The van der Waals surface area contributed by atoms with Crippen molar-refractivity contribution in [3.63, 3.8) is 0 Å². The summed E-state index contributed by atoms with van der Waals surface area (Å²) in [7, 11) is 0. The lowest BCUT2D eigenvalue weighted by molar-refractivity contribution is 0.222. The molecule has 1 N–H and O–H groups in total. The molecule has 1 aromatic heterocycles. The van der Waals surface area contributed by atoms with Crippen molar-refractivity contribution < 1.29 is 9.63 Å². The molecule has 0 fully saturated rings. The quantitative estimate of drug-likeness (QED) is 0.736. The third-order valence-electron chi connectivity index (χ3n) is 1.59. The van der Waals surface area contributed by atoms with Crippen LogP contribution in [-0.2, 0) is 13.0 Å². The number of hydrogen-bond donors (Lipinski definition) is 1. The summed E-state index contributed by atoms with van der Waals surface area (Å²) in [6.45, 7) is 4.12. The van der Waals surface area contributed by atoms with Crippen LogP contribution in [0.1, 0.15) is 32.0 Å². The Morgan fingerprint density at radius 3 is 2.75 bits per heavy atom. The van der Waals surface area contributed by atoms with Gasteiger partial charge in [-0.15, -0.1) is 0 Å². The van der Waals surface area contributed by atoms with Gasteiger partial charge in [0.05, 0.1) is 0 Å². The van der Waals surface area contributed by atoms with Gasteiger partial charge >= 0.3 is 0 Å². The molecule has 68 valence electrons. The Morgan fingerprint density at radius 2 is 2.25 bits per heavy atom. The summed E-state index contributed by atoms with van der Waals surface area (Å²) < 4.78 is 4.73. The third-order valence-corrected chi connectivity index (χ3v) is 1.59. The highest BCUT2D eigenvalue weighted by atomic mass is 16.5. The molecule has 0 aliphatic heterocycles. The van der Waals surface area contributed by atoms with Crippen molar-refractivity contribution in [1.29, 1.82) is 0 Å². The van der Waals surface area contributed by atoms with Crippen LogP contribution in [0.2, 0.25) is 0 Å². The molecule has 4 heteroatoms. The summed E-state index contributed by atoms with van der Waals surface area (Å²) in [4.78, 5) is 3.97. The van der Waals surface area contributed by atoms with Crippen LogP contribution in [0.25, 0.3) is 0 Å². The highest BCUT2D eigenvalue weighted by molar-refractivity contribution is 4.84. The Labute approximate surface area is 71.6 Å². The second-order valence-corrected chi connectivity index (χ2v) is 3.19. The van der Waals surface area contributed by atoms with Gasteiger partial charge in [-0.2, -0.15) is 4.98 Å². The summed E-state index contributed by atoms with van der Waals surface area (Å²) in [5.74, 6) is 1.63. The molecule has 0 aromatic carbocycles. The number of aliphatic hydroxyl groups excluding tert-OH is 1. The molecule has 1 heterocycles. The van der Waals surface area contributed by atoms with Crippen molar-refractivity contribution in [3.8, 4) is 0 Å². The van der Waals surface area contributed by atoms with E-state index in [0.717, 1.165) is 12.8 Å².